The Bertz CT molecular complexity index is 269. The summed E-state index contributed by atoms with van der Waals surface area (Å²) in [6, 6.07) is 0.630. The number of likely N-dealkylation sites (tertiary alicyclic amines) is 1. The van der Waals surface area contributed by atoms with Crippen LogP contribution in [0.25, 0.3) is 0 Å². The standard InChI is InChI=1S/C13H22F2N2/c14-13(15)4-3-10(6-13)7-17-8-11-2-1-5-16-12(11)9-17/h10-12,16H,1-9H2/t10?,11-,12+/m0/s1. The number of fused-ring (bicyclic) bond motifs is 1. The first-order valence-corrected chi connectivity index (χ1v) is 6.96. The average molecular weight is 244 g/mol. The lowest BCUT2D eigenvalue weighted by molar-refractivity contribution is 0.00372. The van der Waals surface area contributed by atoms with Crippen LogP contribution in [0.4, 0.5) is 8.78 Å². The van der Waals surface area contributed by atoms with Gasteiger partial charge in [0.2, 0.25) is 5.92 Å². The Morgan fingerprint density at radius 3 is 2.82 bits per heavy atom. The molecule has 0 aromatic carbocycles. The van der Waals surface area contributed by atoms with E-state index in [9.17, 15) is 8.78 Å². The highest BCUT2D eigenvalue weighted by molar-refractivity contribution is 4.93. The maximum Gasteiger partial charge on any atom is 0.248 e. The van der Waals surface area contributed by atoms with Crippen molar-refractivity contribution in [3.8, 4) is 0 Å². The summed E-state index contributed by atoms with van der Waals surface area (Å²) in [5.41, 5.74) is 0. The third kappa shape index (κ3) is 2.63. The second-order valence-electron chi connectivity index (χ2n) is 6.15. The van der Waals surface area contributed by atoms with Crippen LogP contribution in [0.1, 0.15) is 32.1 Å². The highest BCUT2D eigenvalue weighted by Crippen LogP contribution is 2.39. The van der Waals surface area contributed by atoms with E-state index in [1.54, 1.807) is 0 Å². The SMILES string of the molecule is FC1(F)CCC(CN2C[C@@H]3CCCN[C@@H]3C2)C1. The fourth-order valence-electron chi connectivity index (χ4n) is 3.85. The van der Waals surface area contributed by atoms with Gasteiger partial charge < -0.3 is 10.2 Å². The summed E-state index contributed by atoms with van der Waals surface area (Å²) in [4.78, 5) is 2.42. The van der Waals surface area contributed by atoms with E-state index in [4.69, 9.17) is 0 Å². The lowest BCUT2D eigenvalue weighted by Crippen LogP contribution is -2.40. The normalized spacial score (nSPS) is 41.6. The van der Waals surface area contributed by atoms with Gasteiger partial charge in [-0.25, -0.2) is 8.78 Å². The van der Waals surface area contributed by atoms with Crippen LogP contribution in [0.15, 0.2) is 0 Å². The van der Waals surface area contributed by atoms with Gasteiger partial charge in [0.1, 0.15) is 0 Å². The van der Waals surface area contributed by atoms with Gasteiger partial charge in [0.15, 0.2) is 0 Å². The molecule has 2 aliphatic heterocycles. The molecule has 2 heterocycles. The number of piperidine rings is 1. The van der Waals surface area contributed by atoms with Gasteiger partial charge in [-0.1, -0.05) is 0 Å². The van der Waals surface area contributed by atoms with Crippen LogP contribution in [0, 0.1) is 11.8 Å². The molecule has 3 atom stereocenters. The number of alkyl halides is 2. The van der Waals surface area contributed by atoms with E-state index in [1.807, 2.05) is 0 Å². The molecule has 98 valence electrons. The second kappa shape index (κ2) is 4.47. The van der Waals surface area contributed by atoms with Crippen molar-refractivity contribution in [3.63, 3.8) is 0 Å². The van der Waals surface area contributed by atoms with E-state index < -0.39 is 5.92 Å². The van der Waals surface area contributed by atoms with E-state index in [-0.39, 0.29) is 18.8 Å². The predicted molar refractivity (Wildman–Crippen MR) is 63.2 cm³/mol. The maximum atomic E-state index is 13.1. The van der Waals surface area contributed by atoms with Crippen LogP contribution in [0.3, 0.4) is 0 Å². The summed E-state index contributed by atoms with van der Waals surface area (Å²) in [7, 11) is 0. The van der Waals surface area contributed by atoms with Crippen molar-refractivity contribution in [2.24, 2.45) is 11.8 Å². The molecular weight excluding hydrogens is 222 g/mol. The van der Waals surface area contributed by atoms with E-state index >= 15 is 0 Å². The lowest BCUT2D eigenvalue weighted by atomic mass is 9.94. The number of nitrogens with zero attached hydrogens (tertiary/aromatic N) is 1. The van der Waals surface area contributed by atoms with E-state index in [1.165, 1.54) is 12.8 Å². The van der Waals surface area contributed by atoms with Gasteiger partial charge in [-0.05, 0) is 37.6 Å². The molecule has 4 heteroatoms. The topological polar surface area (TPSA) is 15.3 Å². The van der Waals surface area contributed by atoms with Crippen molar-refractivity contribution in [2.45, 2.75) is 44.1 Å². The van der Waals surface area contributed by atoms with Crippen LogP contribution in [-0.2, 0) is 0 Å². The molecule has 0 aromatic heterocycles. The zero-order chi connectivity index (χ0) is 11.9. The van der Waals surface area contributed by atoms with Crippen molar-refractivity contribution in [2.75, 3.05) is 26.2 Å². The fourth-order valence-corrected chi connectivity index (χ4v) is 3.85. The molecule has 1 saturated carbocycles. The van der Waals surface area contributed by atoms with Crippen molar-refractivity contribution in [1.29, 1.82) is 0 Å². The molecule has 1 aliphatic carbocycles. The molecule has 3 rings (SSSR count). The monoisotopic (exact) mass is 244 g/mol. The van der Waals surface area contributed by atoms with Crippen molar-refractivity contribution < 1.29 is 8.78 Å². The average Bonchev–Trinajstić information content (AvgIpc) is 2.81. The number of hydrogen-bond acceptors (Lipinski definition) is 2. The number of hydrogen-bond donors (Lipinski definition) is 1. The Balaban J connectivity index is 1.50. The molecule has 0 spiro atoms. The Morgan fingerprint density at radius 1 is 1.24 bits per heavy atom. The number of rotatable bonds is 2. The Labute approximate surface area is 102 Å². The molecule has 0 aromatic rings. The fraction of sp³-hybridized carbons (Fsp3) is 1.00. The minimum Gasteiger partial charge on any atom is -0.312 e. The van der Waals surface area contributed by atoms with E-state index in [0.29, 0.717) is 12.5 Å². The maximum absolute atomic E-state index is 13.1. The molecular formula is C13H22F2N2. The molecule has 1 unspecified atom stereocenters. The third-order valence-electron chi connectivity index (χ3n) is 4.70. The van der Waals surface area contributed by atoms with Gasteiger partial charge >= 0.3 is 0 Å². The van der Waals surface area contributed by atoms with Gasteiger partial charge in [-0.3, -0.25) is 0 Å². The molecule has 3 aliphatic rings. The first kappa shape index (κ1) is 11.8. The van der Waals surface area contributed by atoms with Crippen molar-refractivity contribution >= 4 is 0 Å². The predicted octanol–water partition coefficient (Wildman–Crippen LogP) is 2.11. The highest BCUT2D eigenvalue weighted by Gasteiger charge is 2.41. The smallest absolute Gasteiger partial charge is 0.248 e. The molecule has 3 fully saturated rings. The van der Waals surface area contributed by atoms with Crippen molar-refractivity contribution in [1.82, 2.24) is 10.2 Å². The summed E-state index contributed by atoms with van der Waals surface area (Å²) in [6.45, 7) is 4.23. The van der Waals surface area contributed by atoms with Crippen LogP contribution < -0.4 is 5.32 Å². The number of halogens is 2. The van der Waals surface area contributed by atoms with Crippen LogP contribution in [0.2, 0.25) is 0 Å². The van der Waals surface area contributed by atoms with E-state index in [0.717, 1.165) is 32.1 Å². The van der Waals surface area contributed by atoms with Gasteiger partial charge in [-0.2, -0.15) is 0 Å². The molecule has 2 saturated heterocycles. The second-order valence-corrected chi connectivity index (χ2v) is 6.15. The summed E-state index contributed by atoms with van der Waals surface area (Å²) in [5.74, 6) is -1.38. The lowest BCUT2D eigenvalue weighted by Gasteiger charge is -2.24. The van der Waals surface area contributed by atoms with Crippen molar-refractivity contribution in [3.05, 3.63) is 0 Å². The zero-order valence-electron chi connectivity index (χ0n) is 10.3. The first-order chi connectivity index (χ1) is 8.12. The van der Waals surface area contributed by atoms with Crippen LogP contribution in [0.5, 0.6) is 0 Å². The molecule has 0 bridgehead atoms. The highest BCUT2D eigenvalue weighted by atomic mass is 19.3. The quantitative estimate of drug-likeness (QED) is 0.800. The zero-order valence-corrected chi connectivity index (χ0v) is 10.3. The third-order valence-corrected chi connectivity index (χ3v) is 4.70. The van der Waals surface area contributed by atoms with Gasteiger partial charge in [-0.15, -0.1) is 0 Å². The van der Waals surface area contributed by atoms with Crippen LogP contribution >= 0.6 is 0 Å². The Hall–Kier alpha value is -0.220. The summed E-state index contributed by atoms with van der Waals surface area (Å²) < 4.78 is 26.3. The van der Waals surface area contributed by atoms with Gasteiger partial charge in [0, 0.05) is 38.5 Å². The van der Waals surface area contributed by atoms with Crippen LogP contribution in [-0.4, -0.2) is 43.0 Å². The Kier molecular flexibility index (Phi) is 3.11. The molecule has 0 radical (unpaired) electrons. The minimum atomic E-state index is -2.38. The van der Waals surface area contributed by atoms with E-state index in [2.05, 4.69) is 10.2 Å². The molecule has 17 heavy (non-hydrogen) atoms. The molecule has 0 amide bonds. The minimum absolute atomic E-state index is 0.108. The molecule has 2 nitrogen and oxygen atoms in total. The van der Waals surface area contributed by atoms with Gasteiger partial charge in [0.05, 0.1) is 0 Å². The summed E-state index contributed by atoms with van der Waals surface area (Å²) >= 11 is 0. The Morgan fingerprint density at radius 2 is 2.12 bits per heavy atom. The first-order valence-electron chi connectivity index (χ1n) is 6.96. The summed E-state index contributed by atoms with van der Waals surface area (Å²) in [6.07, 6.45) is 3.53. The summed E-state index contributed by atoms with van der Waals surface area (Å²) in [5, 5.41) is 3.56. The number of nitrogens with one attached hydrogen (secondary N) is 1. The molecule has 1 N–H and O–H groups in total. The largest absolute Gasteiger partial charge is 0.312 e. The van der Waals surface area contributed by atoms with Gasteiger partial charge in [0.25, 0.3) is 0 Å².